The van der Waals surface area contributed by atoms with E-state index < -0.39 is 0 Å². The van der Waals surface area contributed by atoms with E-state index in [4.69, 9.17) is 12.2 Å². The van der Waals surface area contributed by atoms with E-state index in [0.29, 0.717) is 18.3 Å². The van der Waals surface area contributed by atoms with Gasteiger partial charge < -0.3 is 10.2 Å². The molecule has 0 atom stereocenters. The topological polar surface area (TPSA) is 44.4 Å². The summed E-state index contributed by atoms with van der Waals surface area (Å²) in [5.41, 5.74) is 0. The summed E-state index contributed by atoms with van der Waals surface area (Å²) in [5.74, 6) is 0. The fourth-order valence-electron chi connectivity index (χ4n) is 0.715. The number of thiocarbonyl (C=S) groups is 1. The van der Waals surface area contributed by atoms with E-state index in [1.165, 1.54) is 0 Å². The third-order valence-corrected chi connectivity index (χ3v) is 1.57. The highest BCUT2D eigenvalue weighted by Gasteiger charge is 2.17. The van der Waals surface area contributed by atoms with Crippen molar-refractivity contribution < 1.29 is 4.79 Å². The normalized spacial score (nSPS) is 18.3. The largest absolute Gasteiger partial charge is 0.345 e. The van der Waals surface area contributed by atoms with Gasteiger partial charge in [0.15, 0.2) is 5.11 Å². The maximum absolute atomic E-state index is 10.9. The summed E-state index contributed by atoms with van der Waals surface area (Å²) in [7, 11) is 0. The molecule has 56 valence electrons. The summed E-state index contributed by atoms with van der Waals surface area (Å²) in [6.45, 7) is 3.12. The van der Waals surface area contributed by atoms with Gasteiger partial charge in [0.2, 0.25) is 0 Å². The fourth-order valence-corrected chi connectivity index (χ4v) is 0.867. The summed E-state index contributed by atoms with van der Waals surface area (Å²) < 4.78 is 0. The Labute approximate surface area is 64.6 Å². The molecule has 1 fully saturated rings. The molecule has 0 radical (unpaired) electrons. The number of amides is 2. The first kappa shape index (κ1) is 7.27. The smallest absolute Gasteiger partial charge is 0.325 e. The molecule has 10 heavy (non-hydrogen) atoms. The molecule has 0 aromatic heterocycles. The number of carbonyl (C=O) groups excluding carboxylic acids is 1. The van der Waals surface area contributed by atoms with Crippen LogP contribution in [0.25, 0.3) is 0 Å². The van der Waals surface area contributed by atoms with E-state index in [0.717, 1.165) is 0 Å². The Kier molecular flexibility index (Phi) is 2.06. The van der Waals surface area contributed by atoms with E-state index in [1.807, 2.05) is 6.92 Å². The second kappa shape index (κ2) is 2.83. The van der Waals surface area contributed by atoms with Gasteiger partial charge in [-0.25, -0.2) is 4.79 Å². The quantitative estimate of drug-likeness (QED) is 0.523. The average Bonchev–Trinajstić information content (AvgIpc) is 1.88. The monoisotopic (exact) mass is 159 g/mol. The fraction of sp³-hybridized carbons (Fsp3) is 0.600. The van der Waals surface area contributed by atoms with Crippen molar-refractivity contribution in [1.82, 2.24) is 15.5 Å². The molecular formula is C5H9N3OS. The van der Waals surface area contributed by atoms with Crippen molar-refractivity contribution in [3.8, 4) is 0 Å². The Hall–Kier alpha value is -0.840. The Balaban J connectivity index is 2.51. The molecule has 1 heterocycles. The molecule has 2 amide bonds. The van der Waals surface area contributed by atoms with Crippen LogP contribution in [0.3, 0.4) is 0 Å². The third kappa shape index (κ3) is 1.36. The van der Waals surface area contributed by atoms with E-state index in [9.17, 15) is 4.79 Å². The molecule has 0 bridgehead atoms. The summed E-state index contributed by atoms with van der Waals surface area (Å²) in [5, 5.41) is 5.74. The van der Waals surface area contributed by atoms with Crippen LogP contribution in [0.5, 0.6) is 0 Å². The molecule has 1 saturated heterocycles. The second-order valence-corrected chi connectivity index (χ2v) is 2.36. The van der Waals surface area contributed by atoms with E-state index in [1.54, 1.807) is 4.90 Å². The van der Waals surface area contributed by atoms with Crippen LogP contribution in [0.1, 0.15) is 6.92 Å². The van der Waals surface area contributed by atoms with Crippen molar-refractivity contribution in [2.45, 2.75) is 6.92 Å². The minimum absolute atomic E-state index is 0.119. The molecule has 0 aromatic carbocycles. The highest BCUT2D eigenvalue weighted by atomic mass is 32.1. The van der Waals surface area contributed by atoms with Gasteiger partial charge in [-0.3, -0.25) is 5.32 Å². The Morgan fingerprint density at radius 2 is 2.50 bits per heavy atom. The molecule has 0 aliphatic carbocycles. The standard InChI is InChI=1S/C5H9N3OS/c1-2-8-3-6-4(10)7-5(8)9/h2-3H2,1H3,(H2,6,7,9,10). The van der Waals surface area contributed by atoms with E-state index >= 15 is 0 Å². The Bertz CT molecular complexity index is 170. The average molecular weight is 159 g/mol. The first-order chi connectivity index (χ1) is 4.74. The number of urea groups is 1. The summed E-state index contributed by atoms with van der Waals surface area (Å²) in [6, 6.07) is -0.119. The van der Waals surface area contributed by atoms with Gasteiger partial charge >= 0.3 is 6.03 Å². The summed E-state index contributed by atoms with van der Waals surface area (Å²) in [6.07, 6.45) is 0. The second-order valence-electron chi connectivity index (χ2n) is 1.95. The number of nitrogens with zero attached hydrogens (tertiary/aromatic N) is 1. The minimum atomic E-state index is -0.119. The SMILES string of the molecule is CCN1CNC(=S)NC1=O. The first-order valence-electron chi connectivity index (χ1n) is 3.07. The molecule has 1 rings (SSSR count). The number of carbonyl (C=O) groups is 1. The maximum Gasteiger partial charge on any atom is 0.325 e. The van der Waals surface area contributed by atoms with Crippen molar-refractivity contribution in [1.29, 1.82) is 0 Å². The van der Waals surface area contributed by atoms with Crippen molar-refractivity contribution in [3.05, 3.63) is 0 Å². The van der Waals surface area contributed by atoms with Crippen LogP contribution in [0, 0.1) is 0 Å². The van der Waals surface area contributed by atoms with Crippen molar-refractivity contribution in [2.24, 2.45) is 0 Å². The third-order valence-electron chi connectivity index (χ3n) is 1.32. The van der Waals surface area contributed by atoms with Gasteiger partial charge in [-0.05, 0) is 19.1 Å². The molecule has 5 heteroatoms. The zero-order valence-corrected chi connectivity index (χ0v) is 6.49. The van der Waals surface area contributed by atoms with Crippen LogP contribution in [0.4, 0.5) is 4.79 Å². The molecular weight excluding hydrogens is 150 g/mol. The van der Waals surface area contributed by atoms with Crippen molar-refractivity contribution >= 4 is 23.4 Å². The molecule has 1 aliphatic heterocycles. The number of nitrogens with one attached hydrogen (secondary N) is 2. The molecule has 2 N–H and O–H groups in total. The summed E-state index contributed by atoms with van der Waals surface area (Å²) in [4.78, 5) is 12.5. The zero-order valence-electron chi connectivity index (χ0n) is 5.68. The first-order valence-corrected chi connectivity index (χ1v) is 3.48. The van der Waals surface area contributed by atoms with Crippen LogP contribution in [0.15, 0.2) is 0 Å². The number of hydrogen-bond acceptors (Lipinski definition) is 2. The zero-order chi connectivity index (χ0) is 7.56. The van der Waals surface area contributed by atoms with Gasteiger partial charge in [0.05, 0.1) is 6.67 Å². The lowest BCUT2D eigenvalue weighted by molar-refractivity contribution is 0.199. The Morgan fingerprint density at radius 1 is 1.80 bits per heavy atom. The molecule has 0 spiro atoms. The predicted octanol–water partition coefficient (Wildman–Crippen LogP) is -0.136. The minimum Gasteiger partial charge on any atom is -0.345 e. The van der Waals surface area contributed by atoms with Crippen molar-refractivity contribution in [2.75, 3.05) is 13.2 Å². The lowest BCUT2D eigenvalue weighted by Crippen LogP contribution is -2.56. The van der Waals surface area contributed by atoms with Gasteiger partial charge in [0.1, 0.15) is 0 Å². The number of hydrogen-bond donors (Lipinski definition) is 2. The molecule has 1 aliphatic rings. The van der Waals surface area contributed by atoms with E-state index in [2.05, 4.69) is 10.6 Å². The van der Waals surface area contributed by atoms with Crippen molar-refractivity contribution in [3.63, 3.8) is 0 Å². The van der Waals surface area contributed by atoms with Crippen LogP contribution in [0.2, 0.25) is 0 Å². The molecule has 0 unspecified atom stereocenters. The van der Waals surface area contributed by atoms with Gasteiger partial charge in [-0.1, -0.05) is 0 Å². The molecule has 4 nitrogen and oxygen atoms in total. The lowest BCUT2D eigenvalue weighted by Gasteiger charge is -2.27. The van der Waals surface area contributed by atoms with Crippen LogP contribution >= 0.6 is 12.2 Å². The molecule has 0 aromatic rings. The van der Waals surface area contributed by atoms with Gasteiger partial charge in [-0.2, -0.15) is 0 Å². The van der Waals surface area contributed by atoms with Gasteiger partial charge in [0.25, 0.3) is 0 Å². The molecule has 0 saturated carbocycles. The number of rotatable bonds is 1. The maximum atomic E-state index is 10.9. The van der Waals surface area contributed by atoms with Crippen LogP contribution in [-0.2, 0) is 0 Å². The van der Waals surface area contributed by atoms with Crippen LogP contribution in [-0.4, -0.2) is 29.3 Å². The Morgan fingerprint density at radius 3 is 3.00 bits per heavy atom. The van der Waals surface area contributed by atoms with Gasteiger partial charge in [0, 0.05) is 6.54 Å². The van der Waals surface area contributed by atoms with E-state index in [-0.39, 0.29) is 6.03 Å². The predicted molar refractivity (Wildman–Crippen MR) is 41.5 cm³/mol. The summed E-state index contributed by atoms with van der Waals surface area (Å²) >= 11 is 4.71. The lowest BCUT2D eigenvalue weighted by atomic mass is 10.6. The highest BCUT2D eigenvalue weighted by molar-refractivity contribution is 7.80. The van der Waals surface area contributed by atoms with Crippen LogP contribution < -0.4 is 10.6 Å². The highest BCUT2D eigenvalue weighted by Crippen LogP contribution is 1.91. The van der Waals surface area contributed by atoms with Gasteiger partial charge in [-0.15, -0.1) is 0 Å².